The summed E-state index contributed by atoms with van der Waals surface area (Å²) in [6.07, 6.45) is 1.75. The number of carbonyl (C=O) groups is 1. The number of benzene rings is 3. The van der Waals surface area contributed by atoms with Crippen molar-refractivity contribution in [3.63, 3.8) is 0 Å². The summed E-state index contributed by atoms with van der Waals surface area (Å²) in [6, 6.07) is 15.9. The topological polar surface area (TPSA) is 131 Å². The molecule has 232 valence electrons. The van der Waals surface area contributed by atoms with E-state index in [0.29, 0.717) is 42.3 Å². The number of aromatic nitrogens is 1. The van der Waals surface area contributed by atoms with Crippen LogP contribution in [-0.4, -0.2) is 36.3 Å². The maximum absolute atomic E-state index is 14.0. The lowest BCUT2D eigenvalue weighted by Gasteiger charge is -2.26. The van der Waals surface area contributed by atoms with Gasteiger partial charge >= 0.3 is 5.97 Å². The third kappa shape index (κ3) is 6.54. The number of nitro groups is 1. The average molecular weight is 695 g/mol. The van der Waals surface area contributed by atoms with Crippen LogP contribution in [0, 0.1) is 10.1 Å². The molecule has 3 aromatic carbocycles. The Hall–Kier alpha value is -4.75. The van der Waals surface area contributed by atoms with Gasteiger partial charge in [0.2, 0.25) is 0 Å². The Morgan fingerprint density at radius 2 is 1.82 bits per heavy atom. The van der Waals surface area contributed by atoms with Crippen molar-refractivity contribution in [1.82, 2.24) is 4.57 Å². The summed E-state index contributed by atoms with van der Waals surface area (Å²) >= 11 is 4.75. The SMILES string of the molecule is CCOC(=O)C1=C(C)N=c2s/c(=C\c3ccc(OCc4ccc([N+](=O)[O-])cc4)c(Br)c3)c(=O)n2[C@H]1c1cc(OC)ccc1OC. The van der Waals surface area contributed by atoms with Crippen molar-refractivity contribution in [2.75, 3.05) is 20.8 Å². The molecule has 1 aromatic heterocycles. The average Bonchev–Trinajstić information content (AvgIpc) is 3.33. The maximum Gasteiger partial charge on any atom is 0.338 e. The second-order valence-electron chi connectivity index (χ2n) is 9.81. The van der Waals surface area contributed by atoms with Crippen LogP contribution in [0.1, 0.15) is 36.6 Å². The van der Waals surface area contributed by atoms with Gasteiger partial charge in [-0.3, -0.25) is 19.5 Å². The summed E-state index contributed by atoms with van der Waals surface area (Å²) in [4.78, 5) is 42.8. The molecule has 0 saturated carbocycles. The standard InChI is InChI=1S/C32H28BrN3O8S/c1-5-43-31(38)28-18(2)34-32-35(29(28)23-16-22(41-3)11-13-25(23)42-4)30(37)27(45-32)15-20-8-12-26(24(33)14-20)44-17-19-6-9-21(10-7-19)36(39)40/h6-16,29H,5,17H2,1-4H3/b27-15-/t29-/m0/s1. The third-order valence-electron chi connectivity index (χ3n) is 7.04. The van der Waals surface area contributed by atoms with Crippen LogP contribution < -0.4 is 29.1 Å². The van der Waals surface area contributed by atoms with Crippen molar-refractivity contribution in [2.24, 2.45) is 4.99 Å². The van der Waals surface area contributed by atoms with Crippen LogP contribution >= 0.6 is 27.3 Å². The van der Waals surface area contributed by atoms with Gasteiger partial charge in [-0.05, 0) is 89.4 Å². The number of nitrogens with zero attached hydrogens (tertiary/aromatic N) is 3. The van der Waals surface area contributed by atoms with Gasteiger partial charge in [0.25, 0.3) is 11.2 Å². The summed E-state index contributed by atoms with van der Waals surface area (Å²) in [5, 5.41) is 10.9. The first-order valence-corrected chi connectivity index (χ1v) is 15.3. The largest absolute Gasteiger partial charge is 0.497 e. The van der Waals surface area contributed by atoms with Gasteiger partial charge in [0.05, 0.1) is 46.0 Å². The molecular weight excluding hydrogens is 666 g/mol. The van der Waals surface area contributed by atoms with Gasteiger partial charge in [-0.2, -0.15) is 0 Å². The van der Waals surface area contributed by atoms with Gasteiger partial charge in [-0.15, -0.1) is 0 Å². The normalized spacial score (nSPS) is 14.4. The monoisotopic (exact) mass is 693 g/mol. The summed E-state index contributed by atoms with van der Waals surface area (Å²) in [7, 11) is 3.06. The lowest BCUT2D eigenvalue weighted by atomic mass is 9.94. The molecule has 11 nitrogen and oxygen atoms in total. The van der Waals surface area contributed by atoms with Crippen molar-refractivity contribution in [3.05, 3.63) is 123 Å². The summed E-state index contributed by atoms with van der Waals surface area (Å²) in [6.45, 7) is 3.80. The molecule has 0 N–H and O–H groups in total. The molecule has 0 bridgehead atoms. The molecule has 0 fully saturated rings. The fourth-order valence-corrected chi connectivity index (χ4v) is 6.45. The van der Waals surface area contributed by atoms with Crippen LogP contribution in [0.5, 0.6) is 17.2 Å². The van der Waals surface area contributed by atoms with Crippen molar-refractivity contribution >= 4 is 45.0 Å². The minimum absolute atomic E-state index is 0.00999. The van der Waals surface area contributed by atoms with E-state index in [4.69, 9.17) is 18.9 Å². The van der Waals surface area contributed by atoms with E-state index in [-0.39, 0.29) is 30.0 Å². The first kappa shape index (κ1) is 31.7. The number of non-ortho nitro benzene ring substituents is 1. The molecule has 0 spiro atoms. The second kappa shape index (κ2) is 13.5. The third-order valence-corrected chi connectivity index (χ3v) is 8.65. The number of carbonyl (C=O) groups excluding carboxylic acids is 1. The van der Waals surface area contributed by atoms with Crippen LogP contribution in [0.15, 0.2) is 86.2 Å². The first-order chi connectivity index (χ1) is 21.6. The van der Waals surface area contributed by atoms with Crippen molar-refractivity contribution in [2.45, 2.75) is 26.5 Å². The van der Waals surface area contributed by atoms with E-state index in [9.17, 15) is 19.7 Å². The molecule has 0 saturated heterocycles. The number of rotatable bonds is 10. The minimum Gasteiger partial charge on any atom is -0.497 e. The lowest BCUT2D eigenvalue weighted by Crippen LogP contribution is -2.40. The van der Waals surface area contributed by atoms with Gasteiger partial charge in [0.15, 0.2) is 4.80 Å². The lowest BCUT2D eigenvalue weighted by molar-refractivity contribution is -0.384. The van der Waals surface area contributed by atoms with E-state index in [2.05, 4.69) is 20.9 Å². The van der Waals surface area contributed by atoms with Gasteiger partial charge in [-0.25, -0.2) is 9.79 Å². The van der Waals surface area contributed by atoms with Crippen LogP contribution in [0.4, 0.5) is 5.69 Å². The molecule has 0 amide bonds. The predicted octanol–water partition coefficient (Wildman–Crippen LogP) is 5.07. The van der Waals surface area contributed by atoms with Crippen LogP contribution in [0.2, 0.25) is 0 Å². The van der Waals surface area contributed by atoms with Gasteiger partial charge in [0, 0.05) is 17.7 Å². The molecule has 4 aromatic rings. The van der Waals surface area contributed by atoms with E-state index < -0.39 is 16.9 Å². The number of fused-ring (bicyclic) bond motifs is 1. The number of esters is 1. The van der Waals surface area contributed by atoms with Crippen LogP contribution in [0.25, 0.3) is 6.08 Å². The summed E-state index contributed by atoms with van der Waals surface area (Å²) in [5.41, 5.74) is 2.41. The second-order valence-corrected chi connectivity index (χ2v) is 11.7. The van der Waals surface area contributed by atoms with Gasteiger partial charge < -0.3 is 18.9 Å². The Kier molecular flexibility index (Phi) is 9.49. The molecule has 1 aliphatic rings. The van der Waals surface area contributed by atoms with E-state index in [0.717, 1.165) is 11.1 Å². The molecule has 13 heteroatoms. The first-order valence-electron chi connectivity index (χ1n) is 13.7. The zero-order chi connectivity index (χ0) is 32.2. The number of methoxy groups -OCH3 is 2. The van der Waals surface area contributed by atoms with Crippen molar-refractivity contribution in [1.29, 1.82) is 0 Å². The molecular formula is C32H28BrN3O8S. The number of nitro benzene ring substituents is 1. The Morgan fingerprint density at radius 3 is 2.47 bits per heavy atom. The predicted molar refractivity (Wildman–Crippen MR) is 172 cm³/mol. The number of allylic oxidation sites excluding steroid dienone is 1. The molecule has 0 radical (unpaired) electrons. The van der Waals surface area contributed by atoms with E-state index in [1.165, 1.54) is 42.3 Å². The van der Waals surface area contributed by atoms with Crippen molar-refractivity contribution in [3.8, 4) is 17.2 Å². The van der Waals surface area contributed by atoms with Crippen molar-refractivity contribution < 1.29 is 28.7 Å². The van der Waals surface area contributed by atoms with E-state index in [1.807, 2.05) is 12.1 Å². The Morgan fingerprint density at radius 1 is 1.09 bits per heavy atom. The number of ether oxygens (including phenoxy) is 4. The minimum atomic E-state index is -0.866. The van der Waals surface area contributed by atoms with Crippen LogP contribution in [-0.2, 0) is 16.1 Å². The molecule has 0 unspecified atom stereocenters. The smallest absolute Gasteiger partial charge is 0.338 e. The summed E-state index contributed by atoms with van der Waals surface area (Å²) in [5.74, 6) is 0.995. The number of hydrogen-bond donors (Lipinski definition) is 0. The highest BCUT2D eigenvalue weighted by atomic mass is 79.9. The quantitative estimate of drug-likeness (QED) is 0.128. The molecule has 2 heterocycles. The van der Waals surface area contributed by atoms with Gasteiger partial charge in [-0.1, -0.05) is 17.4 Å². The number of hydrogen-bond acceptors (Lipinski definition) is 10. The zero-order valence-corrected chi connectivity index (χ0v) is 27.1. The van der Waals surface area contributed by atoms with E-state index in [1.54, 1.807) is 56.3 Å². The zero-order valence-electron chi connectivity index (χ0n) is 24.7. The Balaban J connectivity index is 1.53. The van der Waals surface area contributed by atoms with Crippen LogP contribution in [0.3, 0.4) is 0 Å². The van der Waals surface area contributed by atoms with Gasteiger partial charge in [0.1, 0.15) is 29.9 Å². The molecule has 1 atom stereocenters. The number of thiazole rings is 1. The molecule has 1 aliphatic heterocycles. The molecule has 45 heavy (non-hydrogen) atoms. The fourth-order valence-electron chi connectivity index (χ4n) is 4.89. The maximum atomic E-state index is 14.0. The molecule has 0 aliphatic carbocycles. The highest BCUT2D eigenvalue weighted by Gasteiger charge is 2.35. The highest BCUT2D eigenvalue weighted by molar-refractivity contribution is 9.10. The summed E-state index contributed by atoms with van der Waals surface area (Å²) < 4.78 is 24.9. The Labute approximate surface area is 269 Å². The van der Waals surface area contributed by atoms with E-state index >= 15 is 0 Å². The molecule has 5 rings (SSSR count). The number of halogens is 1. The highest BCUT2D eigenvalue weighted by Crippen LogP contribution is 2.38. The Bertz CT molecular complexity index is 2000. The fraction of sp³-hybridized carbons (Fsp3) is 0.219.